The van der Waals surface area contributed by atoms with Crippen LogP contribution < -0.4 is 0 Å². The summed E-state index contributed by atoms with van der Waals surface area (Å²) in [7, 11) is 0. The van der Waals surface area contributed by atoms with E-state index in [1.165, 1.54) is 6.07 Å². The monoisotopic (exact) mass is 751 g/mol. The quantitative estimate of drug-likeness (QED) is 0.135. The normalized spacial score (nSPS) is 10.6. The van der Waals surface area contributed by atoms with Crippen molar-refractivity contribution in [2.75, 3.05) is 0 Å². The highest BCUT2D eigenvalue weighted by Gasteiger charge is 2.19. The van der Waals surface area contributed by atoms with Crippen LogP contribution in [0.5, 0.6) is 11.5 Å². The number of phenols is 2. The van der Waals surface area contributed by atoms with Crippen molar-refractivity contribution in [2.45, 2.75) is 12.8 Å². The second-order valence-corrected chi connectivity index (χ2v) is 11.7. The molecule has 0 amide bonds. The summed E-state index contributed by atoms with van der Waals surface area (Å²) in [5.41, 5.74) is 0.759. The van der Waals surface area contributed by atoms with Gasteiger partial charge in [0.1, 0.15) is 23.1 Å². The predicted molar refractivity (Wildman–Crippen MR) is 163 cm³/mol. The van der Waals surface area contributed by atoms with Gasteiger partial charge in [0.15, 0.2) is 5.78 Å². The van der Waals surface area contributed by atoms with E-state index in [1.807, 2.05) is 0 Å². The zero-order valence-electron chi connectivity index (χ0n) is 20.0. The van der Waals surface area contributed by atoms with Crippen LogP contribution in [0.2, 0.25) is 20.1 Å². The summed E-state index contributed by atoms with van der Waals surface area (Å²) in [4.78, 5) is 12.1. The maximum Gasteiger partial charge on any atom is 0.173 e. The Balaban J connectivity index is 0.000000220. The smallest absolute Gasteiger partial charge is 0.173 e. The molecule has 0 unspecified atom stereocenters. The third-order valence-electron chi connectivity index (χ3n) is 5.38. The first kappa shape index (κ1) is 32.3. The van der Waals surface area contributed by atoms with Gasteiger partial charge in [-0.05, 0) is 71.8 Å². The Morgan fingerprint density at radius 3 is 1.55 bits per heavy atom. The van der Waals surface area contributed by atoms with Crippen molar-refractivity contribution in [3.05, 3.63) is 124 Å². The molecule has 0 aliphatic carbocycles. The number of hydrogen-bond acceptors (Lipinski definition) is 4. The number of Topliss-reactive ketones (excluding diaryl/α,β-unsaturated/α-hetero) is 1. The molecule has 208 valence electrons. The van der Waals surface area contributed by atoms with Gasteiger partial charge in [-0.2, -0.15) is 0 Å². The molecule has 0 fully saturated rings. The molecule has 3 N–H and O–H groups in total. The zero-order chi connectivity index (χ0) is 29.7. The van der Waals surface area contributed by atoms with Crippen LogP contribution in [-0.4, -0.2) is 21.7 Å². The fraction of sp³-hybridized carbons (Fsp3) is 0.0714. The Labute approximate surface area is 265 Å². The van der Waals surface area contributed by atoms with E-state index in [9.17, 15) is 23.8 Å². The van der Waals surface area contributed by atoms with Crippen LogP contribution >= 0.6 is 78.3 Å². The molecule has 0 aliphatic heterocycles. The van der Waals surface area contributed by atoms with Crippen LogP contribution in [0.1, 0.15) is 27.0 Å². The van der Waals surface area contributed by atoms with Crippen LogP contribution in [0.25, 0.3) is 0 Å². The lowest BCUT2D eigenvalue weighted by molar-refractivity contribution is 0.0986. The Kier molecular flexibility index (Phi) is 11.4. The van der Waals surface area contributed by atoms with E-state index in [0.29, 0.717) is 20.1 Å². The molecule has 0 aliphatic rings. The molecular formula is C28H17Br2Cl4F2NO3. The number of phenolic OH excluding ortho intramolecular Hbond substituents is 2. The molecule has 12 heteroatoms. The van der Waals surface area contributed by atoms with Crippen molar-refractivity contribution >= 4 is 89.8 Å². The summed E-state index contributed by atoms with van der Waals surface area (Å²) in [5, 5.41) is 28.5. The lowest BCUT2D eigenvalue weighted by atomic mass is 10.0. The summed E-state index contributed by atoms with van der Waals surface area (Å²) in [5.74, 6) is -2.95. The summed E-state index contributed by atoms with van der Waals surface area (Å²) < 4.78 is 29.0. The van der Waals surface area contributed by atoms with Crippen LogP contribution in [0.15, 0.2) is 69.6 Å². The van der Waals surface area contributed by atoms with Gasteiger partial charge in [-0.1, -0.05) is 78.3 Å². The Morgan fingerprint density at radius 2 is 1.10 bits per heavy atom. The highest BCUT2D eigenvalue weighted by molar-refractivity contribution is 9.10. The summed E-state index contributed by atoms with van der Waals surface area (Å²) >= 11 is 29.6. The zero-order valence-corrected chi connectivity index (χ0v) is 26.2. The first-order valence-corrected chi connectivity index (χ1v) is 14.2. The number of nitrogens with one attached hydrogen (secondary N) is 1. The van der Waals surface area contributed by atoms with Gasteiger partial charge in [0, 0.05) is 47.6 Å². The van der Waals surface area contributed by atoms with Gasteiger partial charge in [0.2, 0.25) is 0 Å². The molecule has 0 saturated carbocycles. The lowest BCUT2D eigenvalue weighted by Crippen LogP contribution is -2.07. The molecular weight excluding hydrogens is 738 g/mol. The minimum atomic E-state index is -0.849. The average molecular weight is 755 g/mol. The predicted octanol–water partition coefficient (Wildman–Crippen LogP) is 10.2. The molecule has 0 atom stereocenters. The van der Waals surface area contributed by atoms with Crippen molar-refractivity contribution in [1.82, 2.24) is 0 Å². The van der Waals surface area contributed by atoms with Crippen molar-refractivity contribution in [3.63, 3.8) is 0 Å². The number of rotatable bonds is 6. The van der Waals surface area contributed by atoms with E-state index in [2.05, 4.69) is 31.9 Å². The molecule has 4 aromatic rings. The second-order valence-electron chi connectivity index (χ2n) is 8.29. The first-order chi connectivity index (χ1) is 18.8. The number of halogens is 8. The third kappa shape index (κ3) is 8.41. The van der Waals surface area contributed by atoms with Crippen LogP contribution in [0.4, 0.5) is 8.78 Å². The molecule has 4 aromatic carbocycles. The Bertz CT molecular complexity index is 1450. The van der Waals surface area contributed by atoms with E-state index in [4.69, 9.17) is 51.8 Å². The third-order valence-corrected chi connectivity index (χ3v) is 7.84. The number of aromatic hydroxyl groups is 2. The van der Waals surface area contributed by atoms with Gasteiger partial charge in [0.25, 0.3) is 0 Å². The van der Waals surface area contributed by atoms with Gasteiger partial charge in [0.05, 0.1) is 11.1 Å². The SMILES string of the molecule is N=C(Cc1cc(Cl)ccc1Br)c1c(O)cc(Cl)cc1F.O=C(Cc1cc(Cl)ccc1Br)c1c(O)cc(Cl)cc1F. The lowest BCUT2D eigenvalue weighted by Gasteiger charge is -2.10. The Hall–Kier alpha value is -2.20. The molecule has 0 radical (unpaired) electrons. The fourth-order valence-electron chi connectivity index (χ4n) is 3.59. The van der Waals surface area contributed by atoms with Crippen molar-refractivity contribution in [2.24, 2.45) is 0 Å². The largest absolute Gasteiger partial charge is 0.507 e. The molecule has 0 aromatic heterocycles. The summed E-state index contributed by atoms with van der Waals surface area (Å²) in [6, 6.07) is 14.5. The Morgan fingerprint density at radius 1 is 0.675 bits per heavy atom. The molecule has 40 heavy (non-hydrogen) atoms. The first-order valence-electron chi connectivity index (χ1n) is 11.1. The van der Waals surface area contributed by atoms with Gasteiger partial charge in [-0.3, -0.25) is 4.79 Å². The summed E-state index contributed by atoms with van der Waals surface area (Å²) in [6.45, 7) is 0. The maximum absolute atomic E-state index is 13.8. The molecule has 4 nitrogen and oxygen atoms in total. The molecule has 0 bridgehead atoms. The average Bonchev–Trinajstić information content (AvgIpc) is 2.83. The fourth-order valence-corrected chi connectivity index (χ4v) is 5.15. The van der Waals surface area contributed by atoms with E-state index < -0.39 is 23.2 Å². The van der Waals surface area contributed by atoms with Crippen molar-refractivity contribution in [3.8, 4) is 11.5 Å². The van der Waals surface area contributed by atoms with Crippen LogP contribution in [0.3, 0.4) is 0 Å². The van der Waals surface area contributed by atoms with E-state index in [-0.39, 0.29) is 45.5 Å². The maximum atomic E-state index is 13.8. The van der Waals surface area contributed by atoms with Gasteiger partial charge < -0.3 is 15.6 Å². The van der Waals surface area contributed by atoms with Crippen molar-refractivity contribution in [1.29, 1.82) is 5.41 Å². The molecule has 0 saturated heterocycles. The molecule has 4 rings (SSSR count). The van der Waals surface area contributed by atoms with Crippen LogP contribution in [0, 0.1) is 17.0 Å². The minimum absolute atomic E-state index is 0.0282. The minimum Gasteiger partial charge on any atom is -0.507 e. The van der Waals surface area contributed by atoms with Crippen molar-refractivity contribution < 1.29 is 23.8 Å². The van der Waals surface area contributed by atoms with E-state index in [0.717, 1.165) is 28.2 Å². The number of ketones is 1. The van der Waals surface area contributed by atoms with Crippen LogP contribution in [-0.2, 0) is 12.8 Å². The topological polar surface area (TPSA) is 81.4 Å². The number of hydrogen-bond donors (Lipinski definition) is 3. The van der Waals surface area contributed by atoms with Gasteiger partial charge in [-0.25, -0.2) is 8.78 Å². The highest BCUT2D eigenvalue weighted by atomic mass is 79.9. The number of carbonyl (C=O) groups excluding carboxylic acids is 1. The summed E-state index contributed by atoms with van der Waals surface area (Å²) in [6.07, 6.45) is 0.0422. The van der Waals surface area contributed by atoms with E-state index in [1.54, 1.807) is 36.4 Å². The number of benzene rings is 4. The van der Waals surface area contributed by atoms with Gasteiger partial charge >= 0.3 is 0 Å². The van der Waals surface area contributed by atoms with Gasteiger partial charge in [-0.15, -0.1) is 0 Å². The standard InChI is InChI=1S/C14H9BrCl2FNO.C14H8BrCl2FO2/c2*15-10-2-1-8(16)3-7(10)4-12(19)14-11(18)5-9(17)6-13(14)20/h1-3,5-6,19-20H,4H2;1-3,5-6,20H,4H2. The second kappa shape index (κ2) is 14.1. The van der Waals surface area contributed by atoms with E-state index >= 15 is 0 Å². The molecule has 0 heterocycles. The highest BCUT2D eigenvalue weighted by Crippen LogP contribution is 2.30. The molecule has 0 spiro atoms. The number of carbonyl (C=O) groups is 1.